The van der Waals surface area contributed by atoms with E-state index in [2.05, 4.69) is 21.6 Å². The molecule has 0 spiro atoms. The first-order chi connectivity index (χ1) is 19.5. The topological polar surface area (TPSA) is 65.8 Å². The number of benzene rings is 3. The van der Waals surface area contributed by atoms with Crippen molar-refractivity contribution < 1.29 is 23.4 Å². The van der Waals surface area contributed by atoms with Crippen LogP contribution in [0.2, 0.25) is 5.02 Å². The maximum absolute atomic E-state index is 14.1. The van der Waals surface area contributed by atoms with Crippen molar-refractivity contribution in [2.24, 2.45) is 0 Å². The maximum atomic E-state index is 14.1. The summed E-state index contributed by atoms with van der Waals surface area (Å²) < 4.78 is 33.0. The fraction of sp³-hybridized carbons (Fsp3) is 0.355. The van der Waals surface area contributed by atoms with Gasteiger partial charge in [0.1, 0.15) is 17.4 Å². The molecule has 40 heavy (non-hydrogen) atoms. The Morgan fingerprint density at radius 3 is 2.80 bits per heavy atom. The Balaban J connectivity index is 1.16. The molecule has 0 N–H and O–H groups in total. The van der Waals surface area contributed by atoms with Gasteiger partial charge in [-0.2, -0.15) is 0 Å². The predicted molar refractivity (Wildman–Crippen MR) is 150 cm³/mol. The van der Waals surface area contributed by atoms with Crippen molar-refractivity contribution in [3.05, 3.63) is 93.5 Å². The highest BCUT2D eigenvalue weighted by Gasteiger charge is 2.25. The SMILES string of the molecule is COC(=O)c1ccc2nc(CN3CCc4ccc(OCCc5ccc(Cl)cc5F)cc4C3)n(CC3CCO3)c2c1. The van der Waals surface area contributed by atoms with Gasteiger partial charge in [0.25, 0.3) is 0 Å². The minimum absolute atomic E-state index is 0.154. The van der Waals surface area contributed by atoms with Gasteiger partial charge in [-0.15, -0.1) is 0 Å². The number of nitrogens with zero attached hydrogens (tertiary/aromatic N) is 3. The van der Waals surface area contributed by atoms with Crippen molar-refractivity contribution in [2.75, 3.05) is 26.9 Å². The Labute approximate surface area is 237 Å². The van der Waals surface area contributed by atoms with E-state index in [0.29, 0.717) is 42.3 Å². The lowest BCUT2D eigenvalue weighted by Crippen LogP contribution is -2.34. The van der Waals surface area contributed by atoms with Crippen LogP contribution in [0, 0.1) is 5.82 Å². The summed E-state index contributed by atoms with van der Waals surface area (Å²) in [6.07, 6.45) is 2.57. The molecule has 1 unspecified atom stereocenters. The number of hydrogen-bond acceptors (Lipinski definition) is 6. The molecule has 0 bridgehead atoms. The smallest absolute Gasteiger partial charge is 0.337 e. The largest absolute Gasteiger partial charge is 0.493 e. The predicted octanol–water partition coefficient (Wildman–Crippen LogP) is 5.58. The lowest BCUT2D eigenvalue weighted by Gasteiger charge is -2.30. The quantitative estimate of drug-likeness (QED) is 0.248. The Morgan fingerprint density at radius 2 is 2.02 bits per heavy atom. The van der Waals surface area contributed by atoms with Gasteiger partial charge in [0, 0.05) is 31.1 Å². The van der Waals surface area contributed by atoms with Crippen LogP contribution < -0.4 is 4.74 Å². The van der Waals surface area contributed by atoms with E-state index in [-0.39, 0.29) is 17.9 Å². The van der Waals surface area contributed by atoms with Crippen LogP contribution in [-0.2, 0) is 41.9 Å². The average molecular weight is 564 g/mol. The van der Waals surface area contributed by atoms with E-state index in [1.54, 1.807) is 18.2 Å². The summed E-state index contributed by atoms with van der Waals surface area (Å²) in [4.78, 5) is 19.5. The van der Waals surface area contributed by atoms with E-state index in [1.807, 2.05) is 18.2 Å². The number of imidazole rings is 1. The Bertz CT molecular complexity index is 1550. The molecular formula is C31H31ClFN3O4. The standard InChI is InChI=1S/C31H31ClFN3O4/c1-38-31(37)22-4-7-28-29(15-22)36(18-26-10-13-40-26)30(34-28)19-35-11-8-20-3-6-25(14-23(20)17-35)39-12-9-21-2-5-24(32)16-27(21)33/h2-7,14-16,26H,8-13,17-19H2,1H3. The van der Waals surface area contributed by atoms with Gasteiger partial charge in [0.2, 0.25) is 0 Å². The summed E-state index contributed by atoms with van der Waals surface area (Å²) in [6, 6.07) is 16.4. The van der Waals surface area contributed by atoms with E-state index < -0.39 is 0 Å². The molecule has 1 saturated heterocycles. The molecule has 0 aliphatic carbocycles. The molecule has 3 aromatic carbocycles. The molecule has 6 rings (SSSR count). The Hall–Kier alpha value is -3.46. The molecule has 1 atom stereocenters. The molecule has 4 aromatic rings. The van der Waals surface area contributed by atoms with Gasteiger partial charge in [0.15, 0.2) is 0 Å². The van der Waals surface area contributed by atoms with Crippen LogP contribution in [0.25, 0.3) is 11.0 Å². The van der Waals surface area contributed by atoms with E-state index in [4.69, 9.17) is 30.8 Å². The fourth-order valence-corrected chi connectivity index (χ4v) is 5.55. The molecule has 9 heteroatoms. The van der Waals surface area contributed by atoms with Crippen LogP contribution in [0.15, 0.2) is 54.6 Å². The van der Waals surface area contributed by atoms with Crippen molar-refractivity contribution in [3.63, 3.8) is 0 Å². The highest BCUT2D eigenvalue weighted by molar-refractivity contribution is 6.30. The maximum Gasteiger partial charge on any atom is 0.337 e. The minimum atomic E-state index is -0.361. The highest BCUT2D eigenvalue weighted by atomic mass is 35.5. The summed E-state index contributed by atoms with van der Waals surface area (Å²) in [5.41, 5.74) is 5.40. The van der Waals surface area contributed by atoms with Gasteiger partial charge in [-0.1, -0.05) is 23.7 Å². The summed E-state index contributed by atoms with van der Waals surface area (Å²) in [5.74, 6) is 1.06. The number of esters is 1. The number of aromatic nitrogens is 2. The monoisotopic (exact) mass is 563 g/mol. The molecule has 0 saturated carbocycles. The number of rotatable bonds is 9. The second-order valence-electron chi connectivity index (χ2n) is 10.3. The van der Waals surface area contributed by atoms with Crippen LogP contribution in [0.1, 0.15) is 39.3 Å². The van der Waals surface area contributed by atoms with Gasteiger partial charge in [-0.3, -0.25) is 4.90 Å². The number of ether oxygens (including phenoxy) is 3. The van der Waals surface area contributed by atoms with E-state index in [1.165, 1.54) is 24.3 Å². The zero-order valence-electron chi connectivity index (χ0n) is 22.4. The second kappa shape index (κ2) is 11.6. The van der Waals surface area contributed by atoms with Crippen LogP contribution in [0.3, 0.4) is 0 Å². The lowest BCUT2D eigenvalue weighted by atomic mass is 9.99. The summed E-state index contributed by atoms with van der Waals surface area (Å²) >= 11 is 5.86. The Morgan fingerprint density at radius 1 is 1.15 bits per heavy atom. The number of carbonyl (C=O) groups is 1. The summed E-state index contributed by atoms with van der Waals surface area (Å²) in [7, 11) is 1.39. The van der Waals surface area contributed by atoms with Gasteiger partial charge in [0.05, 0.1) is 49.5 Å². The Kier molecular flexibility index (Phi) is 7.74. The van der Waals surface area contributed by atoms with E-state index in [9.17, 15) is 9.18 Å². The van der Waals surface area contributed by atoms with Crippen LogP contribution >= 0.6 is 11.6 Å². The molecule has 1 aromatic heterocycles. The lowest BCUT2D eigenvalue weighted by molar-refractivity contribution is -0.0592. The first-order valence-electron chi connectivity index (χ1n) is 13.6. The van der Waals surface area contributed by atoms with Gasteiger partial charge >= 0.3 is 5.97 Å². The van der Waals surface area contributed by atoms with Crippen LogP contribution in [-0.4, -0.2) is 53.4 Å². The molecular weight excluding hydrogens is 533 g/mol. The number of fused-ring (bicyclic) bond motifs is 2. The number of methoxy groups -OCH3 is 1. The molecule has 0 radical (unpaired) electrons. The molecule has 208 valence electrons. The third kappa shape index (κ3) is 5.70. The van der Waals surface area contributed by atoms with Crippen LogP contribution in [0.5, 0.6) is 5.75 Å². The first-order valence-corrected chi connectivity index (χ1v) is 13.9. The van der Waals surface area contributed by atoms with Crippen molar-refractivity contribution in [1.82, 2.24) is 14.5 Å². The van der Waals surface area contributed by atoms with E-state index in [0.717, 1.165) is 55.1 Å². The van der Waals surface area contributed by atoms with Gasteiger partial charge in [-0.25, -0.2) is 14.2 Å². The third-order valence-corrected chi connectivity index (χ3v) is 7.95. The van der Waals surface area contributed by atoms with Gasteiger partial charge in [-0.05, 0) is 72.0 Å². The fourth-order valence-electron chi connectivity index (χ4n) is 5.39. The number of hydrogen-bond donors (Lipinski definition) is 0. The highest BCUT2D eigenvalue weighted by Crippen LogP contribution is 2.28. The van der Waals surface area contributed by atoms with Crippen molar-refractivity contribution in [3.8, 4) is 5.75 Å². The molecule has 7 nitrogen and oxygen atoms in total. The molecule has 3 heterocycles. The third-order valence-electron chi connectivity index (χ3n) is 7.72. The first kappa shape index (κ1) is 26.7. The molecule has 1 fully saturated rings. The average Bonchev–Trinajstić information content (AvgIpc) is 3.27. The van der Waals surface area contributed by atoms with Crippen molar-refractivity contribution in [1.29, 1.82) is 0 Å². The van der Waals surface area contributed by atoms with Crippen molar-refractivity contribution >= 4 is 28.6 Å². The zero-order chi connectivity index (χ0) is 27.6. The van der Waals surface area contributed by atoms with Crippen LogP contribution in [0.4, 0.5) is 4.39 Å². The van der Waals surface area contributed by atoms with Crippen molar-refractivity contribution in [2.45, 2.75) is 45.0 Å². The number of carbonyl (C=O) groups excluding carboxylic acids is 1. The minimum Gasteiger partial charge on any atom is -0.493 e. The molecule has 2 aliphatic rings. The van der Waals surface area contributed by atoms with Gasteiger partial charge < -0.3 is 18.8 Å². The zero-order valence-corrected chi connectivity index (χ0v) is 23.1. The van der Waals surface area contributed by atoms with E-state index >= 15 is 0 Å². The number of halogens is 2. The normalized spacial score (nSPS) is 16.9. The summed E-state index contributed by atoms with van der Waals surface area (Å²) in [5, 5.41) is 0.388. The molecule has 0 amide bonds. The summed E-state index contributed by atoms with van der Waals surface area (Å²) in [6.45, 7) is 4.22. The second-order valence-corrected chi connectivity index (χ2v) is 10.8. The molecule has 2 aliphatic heterocycles.